The van der Waals surface area contributed by atoms with Gasteiger partial charge in [-0.2, -0.15) is 8.42 Å². The number of fused-ring (bicyclic) bond motifs is 1. The minimum Gasteiger partial charge on any atom is -0.325 e. The summed E-state index contributed by atoms with van der Waals surface area (Å²) in [6, 6.07) is 7.42. The number of aryl methyl sites for hydroxylation is 1. The van der Waals surface area contributed by atoms with Gasteiger partial charge >= 0.3 is 0 Å². The second kappa shape index (κ2) is 8.82. The van der Waals surface area contributed by atoms with E-state index in [-0.39, 0.29) is 23.2 Å². The van der Waals surface area contributed by atoms with E-state index in [2.05, 4.69) is 15.6 Å². The topological polar surface area (TPSA) is 97.4 Å². The number of amides is 1. The van der Waals surface area contributed by atoms with Crippen LogP contribution in [0.15, 0.2) is 24.3 Å². The van der Waals surface area contributed by atoms with E-state index in [9.17, 15) is 13.2 Å². The van der Waals surface area contributed by atoms with Gasteiger partial charge in [0.25, 0.3) is 10.1 Å². The molecule has 1 aliphatic heterocycles. The molecule has 2 N–H and O–H groups in total. The summed E-state index contributed by atoms with van der Waals surface area (Å²) in [5, 5.41) is 7.17. The van der Waals surface area contributed by atoms with Gasteiger partial charge in [-0.25, -0.2) is 0 Å². The lowest BCUT2D eigenvalue weighted by atomic mass is 9.49. The lowest BCUT2D eigenvalue weighted by Crippen LogP contribution is -2.47. The number of carbonyl (C=O) groups excluding carboxylic acids is 1. The Kier molecular flexibility index (Phi) is 5.89. The van der Waals surface area contributed by atoms with Crippen LogP contribution in [0.3, 0.4) is 0 Å². The summed E-state index contributed by atoms with van der Waals surface area (Å²) in [5.41, 5.74) is 3.07. The van der Waals surface area contributed by atoms with E-state index in [0.29, 0.717) is 30.6 Å². The van der Waals surface area contributed by atoms with E-state index in [1.54, 1.807) is 6.07 Å². The summed E-state index contributed by atoms with van der Waals surface area (Å²) in [4.78, 5) is 17.9. The fourth-order valence-corrected chi connectivity index (χ4v) is 8.94. The van der Waals surface area contributed by atoms with E-state index >= 15 is 0 Å². The molecule has 4 bridgehead atoms. The van der Waals surface area contributed by atoms with Crippen molar-refractivity contribution in [2.45, 2.75) is 70.1 Å². The van der Waals surface area contributed by atoms with Crippen LogP contribution in [-0.2, 0) is 24.8 Å². The molecule has 4 aliphatic carbocycles. The van der Waals surface area contributed by atoms with Crippen LogP contribution in [0.2, 0.25) is 0 Å². The molecule has 4 saturated carbocycles. The third kappa shape index (κ3) is 4.85. The molecule has 1 unspecified atom stereocenters. The van der Waals surface area contributed by atoms with Gasteiger partial charge in [0.05, 0.1) is 23.0 Å². The maximum atomic E-state index is 13.3. The zero-order valence-electron chi connectivity index (χ0n) is 20.4. The van der Waals surface area contributed by atoms with Crippen LogP contribution in [-0.4, -0.2) is 38.5 Å². The van der Waals surface area contributed by atoms with Crippen molar-refractivity contribution in [1.82, 2.24) is 10.3 Å². The second-order valence-corrected chi connectivity index (χ2v) is 13.3. The molecule has 35 heavy (non-hydrogen) atoms. The minimum atomic E-state index is -3.72. The Hall–Kier alpha value is -2.03. The van der Waals surface area contributed by atoms with Gasteiger partial charge in [-0.3, -0.25) is 14.0 Å². The van der Waals surface area contributed by atoms with Gasteiger partial charge in [0.1, 0.15) is 5.75 Å². The summed E-state index contributed by atoms with van der Waals surface area (Å²) >= 11 is 0. The van der Waals surface area contributed by atoms with E-state index in [1.807, 2.05) is 25.1 Å². The van der Waals surface area contributed by atoms with Crippen molar-refractivity contribution in [3.05, 3.63) is 35.5 Å². The predicted molar refractivity (Wildman–Crippen MR) is 135 cm³/mol. The van der Waals surface area contributed by atoms with E-state index in [0.717, 1.165) is 40.9 Å². The number of anilines is 1. The van der Waals surface area contributed by atoms with Crippen LogP contribution in [0.4, 0.5) is 5.69 Å². The van der Waals surface area contributed by atoms with Crippen molar-refractivity contribution >= 4 is 32.6 Å². The molecule has 0 radical (unpaired) electrons. The van der Waals surface area contributed by atoms with Gasteiger partial charge in [0.2, 0.25) is 5.91 Å². The molecule has 2 aromatic rings. The van der Waals surface area contributed by atoms with Crippen molar-refractivity contribution in [3.63, 3.8) is 0 Å². The molecule has 7 rings (SSSR count). The number of nitrogens with one attached hydrogen (secondary N) is 2. The Bertz CT molecular complexity index is 1220. The number of pyridine rings is 1. The smallest absolute Gasteiger partial charge is 0.273 e. The van der Waals surface area contributed by atoms with Gasteiger partial charge in [0, 0.05) is 18.4 Å². The maximum absolute atomic E-state index is 13.3. The van der Waals surface area contributed by atoms with Gasteiger partial charge < -0.3 is 10.6 Å². The first-order valence-electron chi connectivity index (χ1n) is 13.1. The van der Waals surface area contributed by atoms with E-state index in [1.165, 1.54) is 38.5 Å². The molecule has 188 valence electrons. The SMILES string of the molecule is Cc1ccc2nc(CS(=O)(=O)OC3CCNC3)ccc2c1NC(=O)CC12CC3CC(CC(C3)C1)C2. The Morgan fingerprint density at radius 1 is 1.11 bits per heavy atom. The number of nitrogens with zero attached hydrogens (tertiary/aromatic N) is 1. The highest BCUT2D eigenvalue weighted by Gasteiger charge is 2.51. The predicted octanol–water partition coefficient (Wildman–Crippen LogP) is 4.30. The standard InChI is InChI=1S/C27H35N3O4S/c1-17-2-5-24-23(4-3-21(29-24)16-35(32,33)34-22-6-7-28-15-22)26(17)30-25(31)14-27-11-18-8-19(12-27)10-20(9-18)13-27/h2-5,18-20,22,28H,6-16H2,1H3,(H,30,31). The highest BCUT2D eigenvalue weighted by atomic mass is 32.2. The molecule has 5 aliphatic rings. The Morgan fingerprint density at radius 3 is 2.49 bits per heavy atom. The molecule has 2 heterocycles. The number of benzene rings is 1. The highest BCUT2D eigenvalue weighted by molar-refractivity contribution is 7.85. The second-order valence-electron chi connectivity index (χ2n) is 11.7. The lowest BCUT2D eigenvalue weighted by molar-refractivity contribution is -0.124. The highest BCUT2D eigenvalue weighted by Crippen LogP contribution is 2.61. The fourth-order valence-electron chi connectivity index (χ4n) is 7.77. The molecule has 8 heteroatoms. The third-order valence-electron chi connectivity index (χ3n) is 8.72. The molecule has 1 aromatic heterocycles. The van der Waals surface area contributed by atoms with Crippen molar-refractivity contribution in [2.24, 2.45) is 23.2 Å². The molecule has 7 nitrogen and oxygen atoms in total. The molecule has 1 aromatic carbocycles. The zero-order chi connectivity index (χ0) is 24.2. The average Bonchev–Trinajstić information content (AvgIpc) is 3.26. The molecule has 1 atom stereocenters. The van der Waals surface area contributed by atoms with E-state index in [4.69, 9.17) is 4.18 Å². The third-order valence-corrected chi connectivity index (χ3v) is 9.94. The zero-order valence-corrected chi connectivity index (χ0v) is 21.2. The van der Waals surface area contributed by atoms with Gasteiger partial charge in [-0.05, 0) is 105 Å². The lowest BCUT2D eigenvalue weighted by Gasteiger charge is -2.56. The van der Waals surface area contributed by atoms with Crippen LogP contribution < -0.4 is 10.6 Å². The van der Waals surface area contributed by atoms with Crippen LogP contribution in [0.25, 0.3) is 10.9 Å². The number of carbonyl (C=O) groups is 1. The number of hydrogen-bond acceptors (Lipinski definition) is 6. The Balaban J connectivity index is 1.18. The summed E-state index contributed by atoms with van der Waals surface area (Å²) in [7, 11) is -3.72. The van der Waals surface area contributed by atoms with Gasteiger partial charge in [-0.15, -0.1) is 0 Å². The fraction of sp³-hybridized carbons (Fsp3) is 0.630. The first-order chi connectivity index (χ1) is 16.8. The number of rotatable bonds is 7. The van der Waals surface area contributed by atoms with Crippen molar-refractivity contribution < 1.29 is 17.4 Å². The molecule has 1 saturated heterocycles. The van der Waals surface area contributed by atoms with Crippen molar-refractivity contribution in [3.8, 4) is 0 Å². The van der Waals surface area contributed by atoms with Crippen LogP contribution in [0.1, 0.15) is 62.6 Å². The molecular weight excluding hydrogens is 462 g/mol. The van der Waals surface area contributed by atoms with Crippen molar-refractivity contribution in [2.75, 3.05) is 18.4 Å². The first-order valence-corrected chi connectivity index (χ1v) is 14.6. The average molecular weight is 498 g/mol. The maximum Gasteiger partial charge on any atom is 0.273 e. The van der Waals surface area contributed by atoms with Crippen LogP contribution in [0, 0.1) is 30.1 Å². The normalized spacial score (nSPS) is 31.8. The Morgan fingerprint density at radius 2 is 1.83 bits per heavy atom. The van der Waals surface area contributed by atoms with Crippen LogP contribution in [0.5, 0.6) is 0 Å². The van der Waals surface area contributed by atoms with Gasteiger partial charge in [-0.1, -0.05) is 6.07 Å². The molecular formula is C27H35N3O4S. The van der Waals surface area contributed by atoms with Crippen molar-refractivity contribution in [1.29, 1.82) is 0 Å². The largest absolute Gasteiger partial charge is 0.325 e. The number of hydrogen-bond donors (Lipinski definition) is 2. The monoisotopic (exact) mass is 497 g/mol. The van der Waals surface area contributed by atoms with E-state index < -0.39 is 10.1 Å². The molecule has 1 amide bonds. The summed E-state index contributed by atoms with van der Waals surface area (Å²) in [6.07, 6.45) is 8.72. The summed E-state index contributed by atoms with van der Waals surface area (Å²) in [6.45, 7) is 3.31. The number of aromatic nitrogens is 1. The minimum absolute atomic E-state index is 0.0905. The Labute approximate surface area is 207 Å². The summed E-state index contributed by atoms with van der Waals surface area (Å²) < 4.78 is 30.4. The molecule has 5 fully saturated rings. The van der Waals surface area contributed by atoms with Crippen LogP contribution >= 0.6 is 0 Å². The molecule has 0 spiro atoms. The van der Waals surface area contributed by atoms with Gasteiger partial charge in [0.15, 0.2) is 0 Å². The summed E-state index contributed by atoms with van der Waals surface area (Å²) in [5.74, 6) is 2.29. The first kappa shape index (κ1) is 23.4. The quantitative estimate of drug-likeness (QED) is 0.554.